The van der Waals surface area contributed by atoms with Crippen LogP contribution >= 0.6 is 0 Å². The van der Waals surface area contributed by atoms with Crippen molar-refractivity contribution >= 4 is 73.7 Å². The van der Waals surface area contributed by atoms with Crippen molar-refractivity contribution in [2.75, 3.05) is 47.8 Å². The molecule has 0 unspecified atom stereocenters. The fourth-order valence-corrected chi connectivity index (χ4v) is 18.4. The monoisotopic (exact) mass is 1970 g/mol. The molecule has 4 heterocycles. The summed E-state index contributed by atoms with van der Waals surface area (Å²) in [6, 6.07) is 56.4. The summed E-state index contributed by atoms with van der Waals surface area (Å²) >= 11 is 0. The highest BCUT2D eigenvalue weighted by molar-refractivity contribution is 7.91. The van der Waals surface area contributed by atoms with E-state index < -0.39 is 149 Å². The second-order valence-electron chi connectivity index (χ2n) is 30.6. The van der Waals surface area contributed by atoms with Crippen molar-refractivity contribution in [1.82, 2.24) is 16.9 Å². The predicted molar refractivity (Wildman–Crippen MR) is 479 cm³/mol. The van der Waals surface area contributed by atoms with Crippen molar-refractivity contribution in [1.29, 1.82) is 21.0 Å². The highest BCUT2D eigenvalue weighted by atomic mass is 32.2. The number of nitrogens with zero attached hydrogens (tertiary/aromatic N) is 7. The molecule has 0 radical (unpaired) electrons. The van der Waals surface area contributed by atoms with Gasteiger partial charge >= 0.3 is 46.6 Å². The summed E-state index contributed by atoms with van der Waals surface area (Å²) in [5, 5.41) is 46.4. The summed E-state index contributed by atoms with van der Waals surface area (Å²) in [6.45, 7) is 7.72. The number of benzene rings is 12. The summed E-state index contributed by atoms with van der Waals surface area (Å²) < 4.78 is 340. The summed E-state index contributed by atoms with van der Waals surface area (Å²) in [5.41, 5.74) is -12.9. The molecule has 0 amide bonds. The number of aromatic nitrogens is 4. The Balaban J connectivity index is 0.000000156. The maximum Gasteiger partial charge on any atom is 0.517 e. The summed E-state index contributed by atoms with van der Waals surface area (Å²) in [4.78, 5) is 3.09. The minimum atomic E-state index is -6.09. The van der Waals surface area contributed by atoms with E-state index in [9.17, 15) is 96.2 Å². The fourth-order valence-electron chi connectivity index (χ4n) is 15.3. The quantitative estimate of drug-likeness (QED) is 0.0529. The van der Waals surface area contributed by atoms with E-state index in [-0.39, 0.29) is 70.7 Å². The number of hydrogen-bond donors (Lipinski definition) is 2. The molecule has 0 aliphatic carbocycles. The number of alkyl halides is 9. The van der Waals surface area contributed by atoms with Gasteiger partial charge in [0.25, 0.3) is 0 Å². The van der Waals surface area contributed by atoms with Gasteiger partial charge in [-0.25, -0.2) is 47.0 Å². The van der Waals surface area contributed by atoms with Crippen LogP contribution in [0.25, 0.3) is 133 Å². The maximum atomic E-state index is 15.1. The number of aryl methyl sites for hydroxylation is 4. The molecule has 0 aliphatic rings. The Morgan fingerprint density at radius 2 is 0.594 bits per heavy atom. The van der Waals surface area contributed by atoms with Crippen LogP contribution in [0.2, 0.25) is 0 Å². The molecule has 16 rings (SSSR count). The molecular formula is C98H67F17N8O12S3. The fraction of sp³-hybridized carbons (Fsp3) is 0.143. The molecule has 40 heteroatoms. The molecule has 0 bridgehead atoms. The van der Waals surface area contributed by atoms with Crippen LogP contribution in [-0.2, 0) is 39.5 Å². The predicted octanol–water partition coefficient (Wildman–Crippen LogP) is 24.1. The van der Waals surface area contributed by atoms with Crippen molar-refractivity contribution in [2.45, 2.75) is 44.2 Å². The van der Waals surface area contributed by atoms with Crippen LogP contribution in [-0.4, -0.2) is 112 Å². The molecule has 4 aromatic heterocycles. The first-order valence-corrected chi connectivity index (χ1v) is 44.5. The summed E-state index contributed by atoms with van der Waals surface area (Å²) in [5.74, 6) is -10.7. The van der Waals surface area contributed by atoms with Crippen LogP contribution in [0, 0.1) is 120 Å². The lowest BCUT2D eigenvalue weighted by molar-refractivity contribution is -0.0450. The molecule has 0 fully saturated rings. The maximum absolute atomic E-state index is 15.1. The topological polar surface area (TPSA) is 295 Å². The minimum Gasteiger partial charge on any atom is -0.508 e. The first-order chi connectivity index (χ1) is 65.1. The number of phenolic OH excluding ortho intramolecular Hbond substituents is 1. The molecule has 138 heavy (non-hydrogen) atoms. The van der Waals surface area contributed by atoms with Crippen LogP contribution < -0.4 is 14.2 Å². The molecule has 708 valence electrons. The van der Waals surface area contributed by atoms with Crippen LogP contribution in [0.4, 0.5) is 74.6 Å². The molecular weight excluding hydrogens is 1900 g/mol. The number of H-pyrrole nitrogens is 1. The number of nitrogens with one attached hydrogen (secondary N) is 1. The largest absolute Gasteiger partial charge is 0.517 e. The lowest BCUT2D eigenvalue weighted by Crippen LogP contribution is -2.30. The van der Waals surface area contributed by atoms with Gasteiger partial charge in [0.1, 0.15) is 82.7 Å². The Labute approximate surface area is 774 Å². The minimum absolute atomic E-state index is 0.00343. The molecule has 0 atom stereocenters. The first-order valence-electron chi connectivity index (χ1n) is 40.2. The average molecular weight is 1970 g/mol. The first kappa shape index (κ1) is 100. The standard InChI is InChI=1S/C26H19F5N2O4S.C25H20F2N2O2.C24H15F5N2O3S.C23H13F5N2O3S/c1-15-9-16(14-32)3-5-20(15)17-4-6-23-18(10-17)11-24(33(23)38(34,35)26(29,30)31)25-21(27)12-19(13-22(25)28)37-8-7-36-2;1-15-9-16(14-28)3-5-20(15)17-4-6-23-18(10-17)11-24(29-23)25-21(26)12-19(13-22(25)27)31-8-7-30-2;1-13-7-14(12-30)3-5-18(13)15-4-6-21-16(8-15)9-22(31(21)35(32,33)24(27,28)29)23-19(25)10-17(34-2)11-20(23)26;1-12-6-13(11-29)2-4-17(12)14-3-5-20-15(7-14)8-21(30(20)34(32,33)23(26,27)28)22-18(24)9-16(31)10-19(22)25/h3-6,9-13H,7-8H2,1-2H3;3-6,9-13,29H,7-8H2,1-2H3;3-11H,1-2H3;2-10,31H,1H3. The van der Waals surface area contributed by atoms with E-state index in [2.05, 4.69) is 11.1 Å². The summed E-state index contributed by atoms with van der Waals surface area (Å²) in [6.07, 6.45) is 0. The highest BCUT2D eigenvalue weighted by Crippen LogP contribution is 2.46. The van der Waals surface area contributed by atoms with Crippen molar-refractivity contribution in [3.63, 3.8) is 0 Å². The average Bonchev–Trinajstić information content (AvgIpc) is 1.58. The number of fused-ring (bicyclic) bond motifs is 4. The van der Waals surface area contributed by atoms with Gasteiger partial charge in [0.05, 0.1) is 128 Å². The molecule has 0 saturated carbocycles. The van der Waals surface area contributed by atoms with Gasteiger partial charge in [0, 0.05) is 89.8 Å². The van der Waals surface area contributed by atoms with Crippen LogP contribution in [0.15, 0.2) is 218 Å². The van der Waals surface area contributed by atoms with Gasteiger partial charge < -0.3 is 33.8 Å². The van der Waals surface area contributed by atoms with Crippen molar-refractivity contribution < 1.29 is 129 Å². The van der Waals surface area contributed by atoms with Gasteiger partial charge in [-0.1, -0.05) is 48.5 Å². The van der Waals surface area contributed by atoms with Gasteiger partial charge in [0.2, 0.25) is 0 Å². The Hall–Kier alpha value is -15.5. The van der Waals surface area contributed by atoms with Gasteiger partial charge in [-0.3, -0.25) is 0 Å². The SMILES string of the molecule is COCCOc1cc(F)c(-c2cc3cc(-c4ccc(C#N)cc4C)ccc3[nH]2)c(F)c1.COCCOc1cc(F)c(-c2cc3cc(-c4ccc(C#N)cc4C)ccc3n2S(=O)(=O)C(F)(F)F)c(F)c1.COc1cc(F)c(-c2cc3cc(-c4ccc(C#N)cc4C)ccc3n2S(=O)(=O)C(F)(F)F)c(F)c1.Cc1cc(C#N)ccc1-c1ccc2c(c1)cc(-c1c(F)cc(O)cc1F)n2S(=O)(=O)C(F)(F)F. The zero-order valence-electron chi connectivity index (χ0n) is 72.3. The zero-order chi connectivity index (χ0) is 100. The third-order valence-electron chi connectivity index (χ3n) is 21.6. The van der Waals surface area contributed by atoms with E-state index in [1.165, 1.54) is 62.8 Å². The second-order valence-corrected chi connectivity index (χ2v) is 35.9. The van der Waals surface area contributed by atoms with Gasteiger partial charge in [-0.05, 0) is 216 Å². The normalized spacial score (nSPS) is 11.8. The van der Waals surface area contributed by atoms with E-state index in [0.29, 0.717) is 96.8 Å². The third-order valence-corrected chi connectivity index (χ3v) is 26.0. The summed E-state index contributed by atoms with van der Waals surface area (Å²) in [7, 11) is -14.2. The molecule has 12 aromatic carbocycles. The number of methoxy groups -OCH3 is 3. The molecule has 2 N–H and O–H groups in total. The number of aromatic amines is 1. The number of phenols is 1. The second kappa shape index (κ2) is 39.5. The lowest BCUT2D eigenvalue weighted by Gasteiger charge is -2.16. The number of ether oxygens (including phenoxy) is 5. The van der Waals surface area contributed by atoms with Crippen molar-refractivity contribution in [2.24, 2.45) is 0 Å². The molecule has 16 aromatic rings. The number of nitriles is 4. The number of aromatic hydroxyl groups is 1. The van der Waals surface area contributed by atoms with Gasteiger partial charge in [-0.15, -0.1) is 0 Å². The number of rotatable bonds is 20. The smallest absolute Gasteiger partial charge is 0.508 e. The van der Waals surface area contributed by atoms with E-state index in [1.54, 1.807) is 87.5 Å². The van der Waals surface area contributed by atoms with Gasteiger partial charge in [-0.2, -0.15) is 85.8 Å². The number of halogens is 17. The number of hydrogen-bond acceptors (Lipinski definition) is 16. The Bertz CT molecular complexity index is 8030. The van der Waals surface area contributed by atoms with E-state index >= 15 is 8.78 Å². The lowest BCUT2D eigenvalue weighted by atomic mass is 9.98. The zero-order valence-corrected chi connectivity index (χ0v) is 74.8. The third kappa shape index (κ3) is 20.0. The van der Waals surface area contributed by atoms with Crippen LogP contribution in [0.5, 0.6) is 23.0 Å². The molecule has 20 nitrogen and oxygen atoms in total. The van der Waals surface area contributed by atoms with E-state index in [4.69, 9.17) is 44.7 Å². The van der Waals surface area contributed by atoms with Crippen molar-refractivity contribution in [3.05, 3.63) is 309 Å². The van der Waals surface area contributed by atoms with Gasteiger partial charge in [0.15, 0.2) is 0 Å². The molecule has 0 aliphatic heterocycles. The van der Waals surface area contributed by atoms with E-state index in [1.807, 2.05) is 55.5 Å². The van der Waals surface area contributed by atoms with Crippen LogP contribution in [0.1, 0.15) is 44.5 Å². The van der Waals surface area contributed by atoms with E-state index in [0.717, 1.165) is 95.4 Å². The highest BCUT2D eigenvalue weighted by Gasteiger charge is 2.52. The molecule has 0 saturated heterocycles. The molecule has 0 spiro atoms. The van der Waals surface area contributed by atoms with Crippen molar-refractivity contribution in [3.8, 4) is 137 Å². The Morgan fingerprint density at radius 3 is 0.862 bits per heavy atom. The van der Waals surface area contributed by atoms with Crippen LogP contribution in [0.3, 0.4) is 0 Å². The Kier molecular flexibility index (Phi) is 28.6. The Morgan fingerprint density at radius 1 is 0.326 bits per heavy atom.